The number of hydrogen-bond donors (Lipinski definition) is 1. The lowest BCUT2D eigenvalue weighted by molar-refractivity contribution is -0.137. The first-order valence-electron chi connectivity index (χ1n) is 8.73. The Labute approximate surface area is 160 Å². The fourth-order valence-corrected chi connectivity index (χ4v) is 3.07. The van der Waals surface area contributed by atoms with Crippen LogP contribution in [0.5, 0.6) is 0 Å². The van der Waals surface area contributed by atoms with Crippen molar-refractivity contribution in [2.24, 2.45) is 0 Å². The smallest absolute Gasteiger partial charge is 0.323 e. The molecule has 0 aliphatic carbocycles. The molecule has 0 fully saturated rings. The summed E-state index contributed by atoms with van der Waals surface area (Å²) >= 11 is 0. The molecule has 0 saturated heterocycles. The molecule has 1 atom stereocenters. The lowest BCUT2D eigenvalue weighted by Crippen LogP contribution is -2.50. The number of benzene rings is 2. The molecule has 3 rings (SSSR count). The van der Waals surface area contributed by atoms with Crippen LogP contribution < -0.4 is 10.2 Å². The highest BCUT2D eigenvalue weighted by Crippen LogP contribution is 2.31. The van der Waals surface area contributed by atoms with Crippen LogP contribution >= 0.6 is 0 Å². The van der Waals surface area contributed by atoms with Gasteiger partial charge in [0.2, 0.25) is 11.8 Å². The summed E-state index contributed by atoms with van der Waals surface area (Å²) in [6.45, 7) is 1.93. The molecule has 0 bridgehead atoms. The Balaban J connectivity index is 1.72. The number of fused-ring (bicyclic) bond motifs is 1. The van der Waals surface area contributed by atoms with Gasteiger partial charge in [-0.05, 0) is 43.8 Å². The van der Waals surface area contributed by atoms with Crippen molar-refractivity contribution in [1.82, 2.24) is 4.90 Å². The van der Waals surface area contributed by atoms with Crippen LogP contribution in [0.25, 0.3) is 0 Å². The molecule has 1 aliphatic rings. The summed E-state index contributed by atoms with van der Waals surface area (Å²) < 4.78 is 38.0. The average molecular weight is 391 g/mol. The Hall–Kier alpha value is -2.87. The zero-order valence-corrected chi connectivity index (χ0v) is 15.5. The average Bonchev–Trinajstić information content (AvgIpc) is 2.65. The van der Waals surface area contributed by atoms with Crippen LogP contribution in [0.4, 0.5) is 24.5 Å². The number of para-hydroxylation sites is 2. The van der Waals surface area contributed by atoms with Crippen LogP contribution in [-0.4, -0.2) is 36.3 Å². The highest BCUT2D eigenvalue weighted by Gasteiger charge is 2.32. The molecule has 2 aromatic rings. The molecule has 1 heterocycles. The Kier molecular flexibility index (Phi) is 5.42. The highest BCUT2D eigenvalue weighted by atomic mass is 19.4. The van der Waals surface area contributed by atoms with Gasteiger partial charge >= 0.3 is 6.18 Å². The van der Waals surface area contributed by atoms with Crippen LogP contribution in [0, 0.1) is 0 Å². The first-order chi connectivity index (χ1) is 13.2. The zero-order valence-electron chi connectivity index (χ0n) is 15.5. The van der Waals surface area contributed by atoms with E-state index in [1.807, 2.05) is 0 Å². The van der Waals surface area contributed by atoms with E-state index in [1.165, 1.54) is 17.0 Å². The number of halogens is 3. The largest absolute Gasteiger partial charge is 0.416 e. The van der Waals surface area contributed by atoms with E-state index in [9.17, 15) is 22.8 Å². The van der Waals surface area contributed by atoms with Crippen molar-refractivity contribution in [2.75, 3.05) is 23.8 Å². The molecule has 0 aromatic heterocycles. The minimum atomic E-state index is -4.38. The highest BCUT2D eigenvalue weighted by molar-refractivity contribution is 6.11. The second-order valence-corrected chi connectivity index (χ2v) is 6.78. The predicted octanol–water partition coefficient (Wildman–Crippen LogP) is 3.51. The summed E-state index contributed by atoms with van der Waals surface area (Å²) in [5.74, 6) is -0.527. The molecule has 0 radical (unpaired) electrons. The molecular weight excluding hydrogens is 371 g/mol. The van der Waals surface area contributed by atoms with Crippen LogP contribution in [0.3, 0.4) is 0 Å². The normalized spacial score (nSPS) is 15.2. The number of carbonyl (C=O) groups is 2. The topological polar surface area (TPSA) is 52.7 Å². The lowest BCUT2D eigenvalue weighted by atomic mass is 10.1. The van der Waals surface area contributed by atoms with Crippen LogP contribution in [0.1, 0.15) is 18.1 Å². The monoisotopic (exact) mass is 391 g/mol. The quantitative estimate of drug-likeness (QED) is 0.868. The first-order valence-corrected chi connectivity index (χ1v) is 8.73. The minimum Gasteiger partial charge on any atom is -0.323 e. The van der Waals surface area contributed by atoms with Gasteiger partial charge in [0.25, 0.3) is 0 Å². The van der Waals surface area contributed by atoms with Crippen molar-refractivity contribution < 1.29 is 22.8 Å². The van der Waals surface area contributed by atoms with Gasteiger partial charge in [-0.1, -0.05) is 24.3 Å². The van der Waals surface area contributed by atoms with Crippen molar-refractivity contribution in [3.63, 3.8) is 0 Å². The molecule has 148 valence electrons. The number of nitrogens with zero attached hydrogens (tertiary/aromatic N) is 2. The lowest BCUT2D eigenvalue weighted by Gasteiger charge is -2.33. The Morgan fingerprint density at radius 2 is 1.82 bits per heavy atom. The van der Waals surface area contributed by atoms with E-state index in [0.29, 0.717) is 23.5 Å². The van der Waals surface area contributed by atoms with Gasteiger partial charge in [0, 0.05) is 6.54 Å². The van der Waals surface area contributed by atoms with Crippen molar-refractivity contribution in [3.8, 4) is 0 Å². The van der Waals surface area contributed by atoms with Gasteiger partial charge in [-0.25, -0.2) is 0 Å². The molecule has 8 heteroatoms. The number of nitrogens with one attached hydrogen (secondary N) is 1. The maximum atomic E-state index is 13.0. The van der Waals surface area contributed by atoms with E-state index in [1.54, 1.807) is 43.1 Å². The van der Waals surface area contributed by atoms with Gasteiger partial charge < -0.3 is 5.32 Å². The van der Waals surface area contributed by atoms with Gasteiger partial charge in [-0.15, -0.1) is 0 Å². The molecular formula is C20H20F3N3O2. The maximum absolute atomic E-state index is 13.0. The summed E-state index contributed by atoms with van der Waals surface area (Å²) in [5, 5.41) is 2.73. The van der Waals surface area contributed by atoms with E-state index in [0.717, 1.165) is 12.1 Å². The summed E-state index contributed by atoms with van der Waals surface area (Å²) in [6.07, 6.45) is -4.38. The molecule has 0 saturated carbocycles. The molecule has 5 nitrogen and oxygen atoms in total. The Morgan fingerprint density at radius 3 is 2.46 bits per heavy atom. The fourth-order valence-electron chi connectivity index (χ4n) is 3.07. The second-order valence-electron chi connectivity index (χ2n) is 6.78. The second kappa shape index (κ2) is 7.63. The van der Waals surface area contributed by atoms with Gasteiger partial charge in [0.05, 0.1) is 23.0 Å². The molecule has 0 unspecified atom stereocenters. The third-order valence-corrected chi connectivity index (χ3v) is 4.77. The number of likely N-dealkylation sites (N-methyl/N-ethyl adjacent to an activating group) is 1. The maximum Gasteiger partial charge on any atom is 0.416 e. The van der Waals surface area contributed by atoms with E-state index < -0.39 is 17.8 Å². The van der Waals surface area contributed by atoms with E-state index in [-0.39, 0.29) is 18.4 Å². The third kappa shape index (κ3) is 4.17. The third-order valence-electron chi connectivity index (χ3n) is 4.77. The molecule has 2 amide bonds. The van der Waals surface area contributed by atoms with Crippen LogP contribution in [0.2, 0.25) is 0 Å². The van der Waals surface area contributed by atoms with Crippen LogP contribution in [-0.2, 0) is 22.3 Å². The zero-order chi connectivity index (χ0) is 20.5. The summed E-state index contributed by atoms with van der Waals surface area (Å²) in [6, 6.07) is 11.3. The van der Waals surface area contributed by atoms with Crippen molar-refractivity contribution >= 4 is 23.2 Å². The molecule has 28 heavy (non-hydrogen) atoms. The Morgan fingerprint density at radius 1 is 1.18 bits per heavy atom. The van der Waals surface area contributed by atoms with Crippen LogP contribution in [0.15, 0.2) is 48.5 Å². The van der Waals surface area contributed by atoms with E-state index in [4.69, 9.17) is 0 Å². The number of alkyl halides is 3. The number of hydrogen-bond acceptors (Lipinski definition) is 3. The number of anilines is 2. The molecule has 2 aromatic carbocycles. The standard InChI is InChI=1S/C20H20F3N3O2/c1-13(25(2)11-14-7-9-15(10-8-14)20(21,22)23)19(28)26-12-18(27)24-16-5-3-4-6-17(16)26/h3-10,13H,11-12H2,1-2H3,(H,24,27)/t13-/m0/s1. The molecule has 0 spiro atoms. The van der Waals surface area contributed by atoms with Crippen molar-refractivity contribution in [1.29, 1.82) is 0 Å². The summed E-state index contributed by atoms with van der Waals surface area (Å²) in [7, 11) is 1.72. The number of amides is 2. The number of rotatable bonds is 4. The molecule has 1 aliphatic heterocycles. The minimum absolute atomic E-state index is 0.0751. The van der Waals surface area contributed by atoms with Crippen molar-refractivity contribution in [2.45, 2.75) is 25.7 Å². The van der Waals surface area contributed by atoms with Gasteiger partial charge in [0.1, 0.15) is 6.54 Å². The fraction of sp³-hybridized carbons (Fsp3) is 0.300. The first kappa shape index (κ1) is 19.9. The van der Waals surface area contributed by atoms with Gasteiger partial charge in [0.15, 0.2) is 0 Å². The Bertz CT molecular complexity index is 881. The van der Waals surface area contributed by atoms with Gasteiger partial charge in [-0.2, -0.15) is 13.2 Å². The number of carbonyl (C=O) groups excluding carboxylic acids is 2. The van der Waals surface area contributed by atoms with E-state index >= 15 is 0 Å². The van der Waals surface area contributed by atoms with Crippen molar-refractivity contribution in [3.05, 3.63) is 59.7 Å². The molecule has 1 N–H and O–H groups in total. The summed E-state index contributed by atoms with van der Waals surface area (Å²) in [4.78, 5) is 28.1. The predicted molar refractivity (Wildman–Crippen MR) is 99.8 cm³/mol. The SMILES string of the molecule is C[C@@H](C(=O)N1CC(=O)Nc2ccccc21)N(C)Cc1ccc(C(F)(F)F)cc1. The summed E-state index contributed by atoms with van der Waals surface area (Å²) in [5.41, 5.74) is 1.15. The van der Waals surface area contributed by atoms with Gasteiger partial charge in [-0.3, -0.25) is 19.4 Å². The van der Waals surface area contributed by atoms with E-state index in [2.05, 4.69) is 5.32 Å².